The minimum Gasteiger partial charge on any atom is -0.497 e. The quantitative estimate of drug-likeness (QED) is 0.243. The maximum absolute atomic E-state index is 7.30. The van der Waals surface area contributed by atoms with E-state index >= 15 is 0 Å². The molecule has 39 heavy (non-hydrogen) atoms. The van der Waals surface area contributed by atoms with Crippen LogP contribution in [0.1, 0.15) is 41.7 Å². The summed E-state index contributed by atoms with van der Waals surface area (Å²) in [6.45, 7) is 4.60. The molecule has 2 aliphatic rings. The summed E-state index contributed by atoms with van der Waals surface area (Å²) in [5.41, 5.74) is 7.32. The average Bonchev–Trinajstić information content (AvgIpc) is 3.23. The molecule has 1 aliphatic carbocycles. The highest BCUT2D eigenvalue weighted by Crippen LogP contribution is 2.58. The third-order valence-corrected chi connectivity index (χ3v) is 8.45. The summed E-state index contributed by atoms with van der Waals surface area (Å²) >= 11 is 0. The zero-order chi connectivity index (χ0) is 26.8. The second-order valence-corrected chi connectivity index (χ2v) is 10.8. The molecule has 0 unspecified atom stereocenters. The number of ether oxygens (including phenoxy) is 3. The van der Waals surface area contributed by atoms with Gasteiger partial charge in [-0.05, 0) is 64.0 Å². The van der Waals surface area contributed by atoms with Gasteiger partial charge in [0.25, 0.3) is 0 Å². The van der Waals surface area contributed by atoms with Crippen LogP contribution in [0, 0.1) is 0 Å². The Bertz CT molecular complexity index is 1730. The van der Waals surface area contributed by atoms with Gasteiger partial charge in [-0.15, -0.1) is 0 Å². The van der Waals surface area contributed by atoms with E-state index in [0.717, 1.165) is 44.7 Å². The smallest absolute Gasteiger partial charge is 0.178 e. The molecule has 7 rings (SSSR count). The zero-order valence-electron chi connectivity index (χ0n) is 22.6. The van der Waals surface area contributed by atoms with Crippen molar-refractivity contribution < 1.29 is 14.2 Å². The van der Waals surface area contributed by atoms with Crippen molar-refractivity contribution >= 4 is 16.8 Å². The summed E-state index contributed by atoms with van der Waals surface area (Å²) in [5, 5.41) is 2.20. The average molecular weight is 511 g/mol. The van der Waals surface area contributed by atoms with Crippen LogP contribution in [0.5, 0.6) is 17.2 Å². The predicted molar refractivity (Wildman–Crippen MR) is 158 cm³/mol. The van der Waals surface area contributed by atoms with Crippen molar-refractivity contribution in [1.82, 2.24) is 0 Å². The van der Waals surface area contributed by atoms with Crippen molar-refractivity contribution in [2.75, 3.05) is 14.2 Å². The van der Waals surface area contributed by atoms with E-state index in [9.17, 15) is 0 Å². The molecule has 0 spiro atoms. The van der Waals surface area contributed by atoms with Crippen LogP contribution in [0.4, 0.5) is 0 Å². The fourth-order valence-corrected chi connectivity index (χ4v) is 6.55. The lowest BCUT2D eigenvalue weighted by Gasteiger charge is -2.38. The molecule has 5 aromatic carbocycles. The van der Waals surface area contributed by atoms with Gasteiger partial charge in [0.15, 0.2) is 5.60 Å². The number of benzene rings is 5. The Morgan fingerprint density at radius 2 is 1.28 bits per heavy atom. The monoisotopic (exact) mass is 510 g/mol. The standard InChI is InChI=1S/C36H30O3/c1-35(2)31-22-26(38-4)16-18-28(31)32-27-17-15-25(37-3)21-30(27)34-29(33(32)35)19-20-36(39-34,23-11-7-5-8-12-23)24-13-9-6-10-14-24/h5-22H,1-4H3. The summed E-state index contributed by atoms with van der Waals surface area (Å²) in [5.74, 6) is 2.55. The zero-order valence-corrected chi connectivity index (χ0v) is 22.6. The fraction of sp³-hybridized carbons (Fsp3) is 0.167. The van der Waals surface area contributed by atoms with Gasteiger partial charge < -0.3 is 14.2 Å². The first-order valence-electron chi connectivity index (χ1n) is 13.3. The number of fused-ring (bicyclic) bond motifs is 8. The van der Waals surface area contributed by atoms with E-state index in [1.807, 2.05) is 18.2 Å². The predicted octanol–water partition coefficient (Wildman–Crippen LogP) is 8.51. The van der Waals surface area contributed by atoms with Crippen LogP contribution in [0.3, 0.4) is 0 Å². The molecule has 1 heterocycles. The third-order valence-electron chi connectivity index (χ3n) is 8.45. The van der Waals surface area contributed by atoms with Crippen LogP contribution in [-0.2, 0) is 11.0 Å². The van der Waals surface area contributed by atoms with E-state index < -0.39 is 5.60 Å². The van der Waals surface area contributed by atoms with E-state index in [2.05, 4.69) is 105 Å². The summed E-state index contributed by atoms with van der Waals surface area (Å²) < 4.78 is 18.6. The Balaban J connectivity index is 1.58. The second-order valence-electron chi connectivity index (χ2n) is 10.8. The highest BCUT2D eigenvalue weighted by Gasteiger charge is 2.44. The molecule has 3 heteroatoms. The summed E-state index contributed by atoms with van der Waals surface area (Å²) in [6.07, 6.45) is 4.51. The van der Waals surface area contributed by atoms with E-state index in [-0.39, 0.29) is 5.41 Å². The van der Waals surface area contributed by atoms with Crippen LogP contribution in [-0.4, -0.2) is 14.2 Å². The van der Waals surface area contributed by atoms with Crippen molar-refractivity contribution in [1.29, 1.82) is 0 Å². The Morgan fingerprint density at radius 1 is 0.667 bits per heavy atom. The Morgan fingerprint density at radius 3 is 1.92 bits per heavy atom. The maximum atomic E-state index is 7.30. The second kappa shape index (κ2) is 8.51. The molecule has 5 aromatic rings. The summed E-state index contributed by atoms with van der Waals surface area (Å²) in [4.78, 5) is 0. The van der Waals surface area contributed by atoms with Crippen molar-refractivity contribution in [3.05, 3.63) is 131 Å². The van der Waals surface area contributed by atoms with Crippen LogP contribution in [0.25, 0.3) is 28.0 Å². The van der Waals surface area contributed by atoms with Crippen LogP contribution >= 0.6 is 0 Å². The minimum atomic E-state index is -0.765. The highest BCUT2D eigenvalue weighted by atomic mass is 16.5. The van der Waals surface area contributed by atoms with Crippen molar-refractivity contribution in [3.63, 3.8) is 0 Å². The molecule has 1 aliphatic heterocycles. The first-order chi connectivity index (χ1) is 19.0. The molecule has 0 saturated heterocycles. The topological polar surface area (TPSA) is 27.7 Å². The van der Waals surface area contributed by atoms with Gasteiger partial charge in [0.2, 0.25) is 0 Å². The minimum absolute atomic E-state index is 0.245. The van der Waals surface area contributed by atoms with Crippen LogP contribution in [0.15, 0.2) is 103 Å². The summed E-state index contributed by atoms with van der Waals surface area (Å²) in [6, 6.07) is 33.7. The number of hydrogen-bond acceptors (Lipinski definition) is 3. The SMILES string of the molecule is COc1ccc2c(c1)C(C)(C)c1c3c(c4cc(OC)ccc4c1-2)OC(c1ccccc1)(c1ccccc1)C=C3. The molecule has 0 atom stereocenters. The summed E-state index contributed by atoms with van der Waals surface area (Å²) in [7, 11) is 3.44. The molecule has 0 amide bonds. The van der Waals surface area contributed by atoms with Gasteiger partial charge >= 0.3 is 0 Å². The van der Waals surface area contributed by atoms with Gasteiger partial charge in [-0.1, -0.05) is 86.7 Å². The number of hydrogen-bond donors (Lipinski definition) is 0. The van der Waals surface area contributed by atoms with E-state index in [4.69, 9.17) is 14.2 Å². The lowest BCUT2D eigenvalue weighted by atomic mass is 9.77. The van der Waals surface area contributed by atoms with E-state index in [1.54, 1.807) is 14.2 Å². The Kier molecular flexibility index (Phi) is 5.15. The molecule has 0 aromatic heterocycles. The van der Waals surface area contributed by atoms with E-state index in [1.165, 1.54) is 22.3 Å². The molecule has 0 saturated carbocycles. The molecular weight excluding hydrogens is 480 g/mol. The molecular formula is C36H30O3. The molecule has 0 fully saturated rings. The van der Waals surface area contributed by atoms with Gasteiger partial charge in [0.1, 0.15) is 17.2 Å². The van der Waals surface area contributed by atoms with Crippen molar-refractivity contribution in [2.24, 2.45) is 0 Å². The van der Waals surface area contributed by atoms with Crippen LogP contribution < -0.4 is 14.2 Å². The van der Waals surface area contributed by atoms with Gasteiger partial charge in [0, 0.05) is 27.5 Å². The first-order valence-corrected chi connectivity index (χ1v) is 13.3. The van der Waals surface area contributed by atoms with Gasteiger partial charge in [-0.3, -0.25) is 0 Å². The first kappa shape index (κ1) is 23.6. The highest BCUT2D eigenvalue weighted by molar-refractivity contribution is 6.09. The largest absolute Gasteiger partial charge is 0.497 e. The fourth-order valence-electron chi connectivity index (χ4n) is 6.55. The van der Waals surface area contributed by atoms with Gasteiger partial charge in [0.05, 0.1) is 14.2 Å². The molecule has 0 radical (unpaired) electrons. The van der Waals surface area contributed by atoms with E-state index in [0.29, 0.717) is 0 Å². The van der Waals surface area contributed by atoms with Crippen molar-refractivity contribution in [2.45, 2.75) is 24.9 Å². The lowest BCUT2D eigenvalue weighted by Crippen LogP contribution is -2.35. The third kappa shape index (κ3) is 3.29. The Hall–Kier alpha value is -4.50. The Labute approximate surface area is 229 Å². The number of rotatable bonds is 4. The van der Waals surface area contributed by atoms with Gasteiger partial charge in [-0.25, -0.2) is 0 Å². The maximum Gasteiger partial charge on any atom is 0.178 e. The van der Waals surface area contributed by atoms with Crippen molar-refractivity contribution in [3.8, 4) is 28.4 Å². The molecule has 192 valence electrons. The molecule has 3 nitrogen and oxygen atoms in total. The molecule has 0 bridgehead atoms. The molecule has 0 N–H and O–H groups in total. The number of methoxy groups -OCH3 is 2. The normalized spacial score (nSPS) is 15.7. The van der Waals surface area contributed by atoms with Gasteiger partial charge in [-0.2, -0.15) is 0 Å². The lowest BCUT2D eigenvalue weighted by molar-refractivity contribution is 0.163. The van der Waals surface area contributed by atoms with Crippen LogP contribution in [0.2, 0.25) is 0 Å².